The molecule has 114 valence electrons. The van der Waals surface area contributed by atoms with Gasteiger partial charge in [0.1, 0.15) is 11.5 Å². The van der Waals surface area contributed by atoms with Crippen molar-refractivity contribution in [1.29, 1.82) is 0 Å². The zero-order chi connectivity index (χ0) is 15.7. The Balaban J connectivity index is 1.99. The summed E-state index contributed by atoms with van der Waals surface area (Å²) in [6.45, 7) is 0. The van der Waals surface area contributed by atoms with Gasteiger partial charge in [-0.1, -0.05) is 17.7 Å². The summed E-state index contributed by atoms with van der Waals surface area (Å²) in [6.07, 6.45) is 2.37. The van der Waals surface area contributed by atoms with Crippen LogP contribution < -0.4 is 9.47 Å². The highest BCUT2D eigenvalue weighted by molar-refractivity contribution is 6.32. The third-order valence-electron chi connectivity index (χ3n) is 3.52. The van der Waals surface area contributed by atoms with Crippen LogP contribution in [0.2, 0.25) is 5.02 Å². The highest BCUT2D eigenvalue weighted by atomic mass is 35.5. The fraction of sp³-hybridized carbons (Fsp3) is 0.235. The SMILES string of the molecule is COc1ccc(-c2ccc(OC3CC3)c(Cl)c2)c(C(=O)O)c1. The largest absolute Gasteiger partial charge is 0.497 e. The van der Waals surface area contributed by atoms with E-state index in [0.29, 0.717) is 22.1 Å². The van der Waals surface area contributed by atoms with Gasteiger partial charge in [0.2, 0.25) is 0 Å². The van der Waals surface area contributed by atoms with Crippen LogP contribution in [0.4, 0.5) is 0 Å². The molecule has 1 aliphatic carbocycles. The molecule has 1 N–H and O–H groups in total. The molecule has 0 bridgehead atoms. The summed E-state index contributed by atoms with van der Waals surface area (Å²) in [4.78, 5) is 11.5. The average Bonchev–Trinajstić information content (AvgIpc) is 3.32. The minimum Gasteiger partial charge on any atom is -0.497 e. The molecule has 5 heteroatoms. The average molecular weight is 319 g/mol. The van der Waals surface area contributed by atoms with Gasteiger partial charge in [0, 0.05) is 0 Å². The molecule has 0 atom stereocenters. The monoisotopic (exact) mass is 318 g/mol. The van der Waals surface area contributed by atoms with Crippen molar-refractivity contribution in [2.75, 3.05) is 7.11 Å². The topological polar surface area (TPSA) is 55.8 Å². The van der Waals surface area contributed by atoms with E-state index in [2.05, 4.69) is 0 Å². The molecule has 0 unspecified atom stereocenters. The van der Waals surface area contributed by atoms with E-state index in [1.165, 1.54) is 13.2 Å². The summed E-state index contributed by atoms with van der Waals surface area (Å²) in [5.41, 5.74) is 1.49. The van der Waals surface area contributed by atoms with Gasteiger partial charge in [-0.2, -0.15) is 0 Å². The van der Waals surface area contributed by atoms with Crippen molar-refractivity contribution >= 4 is 17.6 Å². The Labute approximate surface area is 133 Å². The van der Waals surface area contributed by atoms with E-state index >= 15 is 0 Å². The maximum atomic E-state index is 11.5. The molecule has 22 heavy (non-hydrogen) atoms. The predicted octanol–water partition coefficient (Wildman–Crippen LogP) is 4.26. The smallest absolute Gasteiger partial charge is 0.336 e. The minimum absolute atomic E-state index is 0.172. The van der Waals surface area contributed by atoms with Crippen LogP contribution in [0.15, 0.2) is 36.4 Å². The molecule has 1 fully saturated rings. The van der Waals surface area contributed by atoms with Gasteiger partial charge >= 0.3 is 5.97 Å². The number of carboxylic acids is 1. The minimum atomic E-state index is -1.01. The van der Waals surface area contributed by atoms with Gasteiger partial charge in [-0.3, -0.25) is 0 Å². The van der Waals surface area contributed by atoms with E-state index in [4.69, 9.17) is 21.1 Å². The summed E-state index contributed by atoms with van der Waals surface area (Å²) in [7, 11) is 1.50. The van der Waals surface area contributed by atoms with Crippen molar-refractivity contribution in [1.82, 2.24) is 0 Å². The first-order valence-corrected chi connectivity index (χ1v) is 7.34. The fourth-order valence-corrected chi connectivity index (χ4v) is 2.43. The molecule has 0 radical (unpaired) electrons. The quantitative estimate of drug-likeness (QED) is 0.895. The van der Waals surface area contributed by atoms with Gasteiger partial charge in [0.25, 0.3) is 0 Å². The lowest BCUT2D eigenvalue weighted by atomic mass is 9.99. The van der Waals surface area contributed by atoms with Crippen LogP contribution in [0.5, 0.6) is 11.5 Å². The number of rotatable bonds is 5. The molecule has 0 spiro atoms. The van der Waals surface area contributed by atoms with Gasteiger partial charge in [0.15, 0.2) is 0 Å². The van der Waals surface area contributed by atoms with Crippen LogP contribution in [0.3, 0.4) is 0 Å². The maximum Gasteiger partial charge on any atom is 0.336 e. The first-order chi connectivity index (χ1) is 10.6. The Bertz CT molecular complexity index is 723. The molecule has 4 nitrogen and oxygen atoms in total. The molecular formula is C17H15ClO4. The molecule has 3 rings (SSSR count). The Kier molecular flexibility index (Phi) is 3.94. The van der Waals surface area contributed by atoms with Crippen molar-refractivity contribution in [3.63, 3.8) is 0 Å². The molecule has 2 aromatic rings. The van der Waals surface area contributed by atoms with E-state index in [1.807, 2.05) is 6.07 Å². The Morgan fingerprint density at radius 1 is 1.23 bits per heavy atom. The van der Waals surface area contributed by atoms with Crippen LogP contribution in [0.25, 0.3) is 11.1 Å². The fourth-order valence-electron chi connectivity index (χ4n) is 2.21. The lowest BCUT2D eigenvalue weighted by molar-refractivity contribution is 0.0697. The number of halogens is 1. The number of aromatic carboxylic acids is 1. The summed E-state index contributed by atoms with van der Waals surface area (Å²) >= 11 is 6.24. The molecule has 2 aromatic carbocycles. The highest BCUT2D eigenvalue weighted by Gasteiger charge is 2.24. The number of hydrogen-bond acceptors (Lipinski definition) is 3. The molecular weight excluding hydrogens is 304 g/mol. The number of carboxylic acid groups (broad SMARTS) is 1. The summed E-state index contributed by atoms with van der Waals surface area (Å²) in [5, 5.41) is 9.87. The van der Waals surface area contributed by atoms with E-state index < -0.39 is 5.97 Å². The Morgan fingerprint density at radius 2 is 2.00 bits per heavy atom. The first-order valence-electron chi connectivity index (χ1n) is 6.96. The van der Waals surface area contributed by atoms with E-state index in [0.717, 1.165) is 18.4 Å². The number of hydrogen-bond donors (Lipinski definition) is 1. The van der Waals surface area contributed by atoms with Crippen LogP contribution in [-0.2, 0) is 0 Å². The molecule has 1 saturated carbocycles. The second kappa shape index (κ2) is 5.89. The van der Waals surface area contributed by atoms with Crippen molar-refractivity contribution in [3.05, 3.63) is 47.0 Å². The van der Waals surface area contributed by atoms with E-state index in [9.17, 15) is 9.90 Å². The molecule has 0 saturated heterocycles. The first kappa shape index (κ1) is 14.7. The van der Waals surface area contributed by atoms with Gasteiger partial charge in [0.05, 0.1) is 23.8 Å². The highest BCUT2D eigenvalue weighted by Crippen LogP contribution is 2.36. The van der Waals surface area contributed by atoms with E-state index in [1.54, 1.807) is 24.3 Å². The standard InChI is InChI=1S/C17H15ClO4/c1-21-12-5-6-13(14(9-12)17(19)20)10-2-7-16(15(18)8-10)22-11-3-4-11/h2,5-9,11H,3-4H2,1H3,(H,19,20). The number of ether oxygens (including phenoxy) is 2. The number of carbonyl (C=O) groups is 1. The van der Waals surface area contributed by atoms with Gasteiger partial charge in [-0.15, -0.1) is 0 Å². The third-order valence-corrected chi connectivity index (χ3v) is 3.81. The van der Waals surface area contributed by atoms with Gasteiger partial charge in [-0.25, -0.2) is 4.79 Å². The summed E-state index contributed by atoms with van der Waals surface area (Å²) in [5.74, 6) is 0.127. The lowest BCUT2D eigenvalue weighted by Crippen LogP contribution is -2.01. The Hall–Kier alpha value is -2.20. The molecule has 0 aromatic heterocycles. The Morgan fingerprint density at radius 3 is 2.59 bits per heavy atom. The molecule has 0 heterocycles. The summed E-state index contributed by atoms with van der Waals surface area (Å²) in [6, 6.07) is 10.3. The number of methoxy groups -OCH3 is 1. The second-order valence-corrected chi connectivity index (χ2v) is 5.59. The van der Waals surface area contributed by atoms with Gasteiger partial charge in [-0.05, 0) is 54.3 Å². The molecule has 1 aliphatic rings. The lowest BCUT2D eigenvalue weighted by Gasteiger charge is -2.11. The molecule has 0 amide bonds. The van der Waals surface area contributed by atoms with Crippen molar-refractivity contribution in [3.8, 4) is 22.6 Å². The van der Waals surface area contributed by atoms with Crippen LogP contribution >= 0.6 is 11.6 Å². The van der Waals surface area contributed by atoms with Crippen LogP contribution in [0.1, 0.15) is 23.2 Å². The van der Waals surface area contributed by atoms with Gasteiger partial charge < -0.3 is 14.6 Å². The summed E-state index contributed by atoms with van der Waals surface area (Å²) < 4.78 is 10.8. The molecule has 0 aliphatic heterocycles. The normalized spacial score (nSPS) is 13.7. The second-order valence-electron chi connectivity index (χ2n) is 5.18. The predicted molar refractivity (Wildman–Crippen MR) is 84.0 cm³/mol. The van der Waals surface area contributed by atoms with Crippen molar-refractivity contribution in [2.45, 2.75) is 18.9 Å². The number of benzene rings is 2. The third kappa shape index (κ3) is 3.02. The maximum absolute atomic E-state index is 11.5. The van der Waals surface area contributed by atoms with E-state index in [-0.39, 0.29) is 11.7 Å². The van der Waals surface area contributed by atoms with Crippen molar-refractivity contribution in [2.24, 2.45) is 0 Å². The van der Waals surface area contributed by atoms with Crippen LogP contribution in [-0.4, -0.2) is 24.3 Å². The van der Waals surface area contributed by atoms with Crippen LogP contribution in [0, 0.1) is 0 Å². The zero-order valence-electron chi connectivity index (χ0n) is 12.0. The van der Waals surface area contributed by atoms with Crippen molar-refractivity contribution < 1.29 is 19.4 Å². The zero-order valence-corrected chi connectivity index (χ0v) is 12.8.